The van der Waals surface area contributed by atoms with E-state index in [1.165, 1.54) is 0 Å². The molecule has 3 aromatic rings. The van der Waals surface area contributed by atoms with Crippen molar-refractivity contribution >= 4 is 5.91 Å². The van der Waals surface area contributed by atoms with Gasteiger partial charge in [-0.1, -0.05) is 25.0 Å². The van der Waals surface area contributed by atoms with E-state index in [1.54, 1.807) is 32.5 Å². The second kappa shape index (κ2) is 9.77. The molecular formula is C25H28N4O3. The topological polar surface area (TPSA) is 88.2 Å². The molecule has 1 amide bonds. The van der Waals surface area contributed by atoms with Gasteiger partial charge in [0.05, 0.1) is 19.6 Å². The molecule has 7 heteroatoms. The van der Waals surface area contributed by atoms with Crippen LogP contribution in [0.25, 0.3) is 11.4 Å². The lowest BCUT2D eigenvalue weighted by Crippen LogP contribution is -2.37. The quantitative estimate of drug-likeness (QED) is 0.662. The number of rotatable bonds is 5. The highest BCUT2D eigenvalue weighted by molar-refractivity contribution is 5.79. The van der Waals surface area contributed by atoms with Crippen LogP contribution in [0.1, 0.15) is 48.5 Å². The zero-order valence-corrected chi connectivity index (χ0v) is 18.5. The first kappa shape index (κ1) is 21.7. The number of aromatic amines is 1. The van der Waals surface area contributed by atoms with Crippen molar-refractivity contribution < 1.29 is 9.53 Å². The minimum Gasteiger partial charge on any atom is -0.497 e. The summed E-state index contributed by atoms with van der Waals surface area (Å²) in [6.45, 7) is 2.47. The zero-order valence-electron chi connectivity index (χ0n) is 18.5. The van der Waals surface area contributed by atoms with Crippen molar-refractivity contribution in [3.8, 4) is 17.1 Å². The minimum absolute atomic E-state index is 0.00193. The molecule has 1 aromatic carbocycles. The number of hydrogen-bond donors (Lipinski definition) is 1. The van der Waals surface area contributed by atoms with E-state index in [-0.39, 0.29) is 23.9 Å². The molecule has 166 valence electrons. The smallest absolute Gasteiger partial charge is 0.255 e. The third-order valence-electron chi connectivity index (χ3n) is 6.06. The van der Waals surface area contributed by atoms with Gasteiger partial charge in [0, 0.05) is 35.8 Å². The van der Waals surface area contributed by atoms with Crippen LogP contribution in [-0.2, 0) is 11.2 Å². The standard InChI is InChI=1S/C25H28N4O3/c1-17-21(25(31)28-24(27-17)19-7-6-13-26-16-19)15-23(30)29-14-5-3-4-8-22(29)18-9-11-20(32-2)12-10-18/h6-7,9-13,16,22H,3-5,8,14-15H2,1-2H3,(H,27,28,31). The van der Waals surface area contributed by atoms with Gasteiger partial charge >= 0.3 is 0 Å². The van der Waals surface area contributed by atoms with Crippen LogP contribution in [0.15, 0.2) is 53.6 Å². The van der Waals surface area contributed by atoms with Gasteiger partial charge in [-0.2, -0.15) is 0 Å². The number of aryl methyl sites for hydroxylation is 1. The Hall–Kier alpha value is -3.48. The van der Waals surface area contributed by atoms with E-state index in [0.717, 1.165) is 42.6 Å². The fourth-order valence-corrected chi connectivity index (χ4v) is 4.29. The highest BCUT2D eigenvalue weighted by Gasteiger charge is 2.28. The third kappa shape index (κ3) is 4.72. The number of carbonyl (C=O) groups is 1. The Bertz CT molecular complexity index is 1130. The first-order chi connectivity index (χ1) is 15.6. The van der Waals surface area contributed by atoms with Crippen LogP contribution in [0.2, 0.25) is 0 Å². The van der Waals surface area contributed by atoms with Gasteiger partial charge in [0.25, 0.3) is 5.56 Å². The number of benzene rings is 1. The van der Waals surface area contributed by atoms with Crippen LogP contribution in [0.3, 0.4) is 0 Å². The number of likely N-dealkylation sites (tertiary alicyclic amines) is 1. The molecule has 1 atom stereocenters. The summed E-state index contributed by atoms with van der Waals surface area (Å²) < 4.78 is 5.27. The number of aromatic nitrogens is 3. The number of nitrogens with zero attached hydrogens (tertiary/aromatic N) is 3. The first-order valence-corrected chi connectivity index (χ1v) is 11.0. The molecule has 1 unspecified atom stereocenters. The van der Waals surface area contributed by atoms with Gasteiger partial charge in [0.2, 0.25) is 5.91 Å². The molecule has 3 heterocycles. The van der Waals surface area contributed by atoms with Crippen LogP contribution >= 0.6 is 0 Å². The average molecular weight is 433 g/mol. The van der Waals surface area contributed by atoms with Crippen molar-refractivity contribution in [3.05, 3.63) is 76.0 Å². The van der Waals surface area contributed by atoms with E-state index in [4.69, 9.17) is 4.74 Å². The maximum absolute atomic E-state index is 13.4. The molecule has 0 spiro atoms. The van der Waals surface area contributed by atoms with E-state index in [1.807, 2.05) is 35.2 Å². The molecule has 1 aliphatic heterocycles. The predicted octanol–water partition coefficient (Wildman–Crippen LogP) is 3.84. The normalized spacial score (nSPS) is 16.4. The number of hydrogen-bond acceptors (Lipinski definition) is 5. The molecule has 7 nitrogen and oxygen atoms in total. The second-order valence-electron chi connectivity index (χ2n) is 8.12. The molecule has 32 heavy (non-hydrogen) atoms. The maximum Gasteiger partial charge on any atom is 0.255 e. The first-order valence-electron chi connectivity index (χ1n) is 11.0. The molecule has 0 radical (unpaired) electrons. The van der Waals surface area contributed by atoms with E-state index >= 15 is 0 Å². The Morgan fingerprint density at radius 2 is 2.00 bits per heavy atom. The number of amides is 1. The molecule has 1 N–H and O–H groups in total. The Morgan fingerprint density at radius 1 is 1.19 bits per heavy atom. The van der Waals surface area contributed by atoms with E-state index < -0.39 is 0 Å². The summed E-state index contributed by atoms with van der Waals surface area (Å²) in [7, 11) is 1.64. The molecule has 0 saturated carbocycles. The number of pyridine rings is 1. The van der Waals surface area contributed by atoms with Crippen molar-refractivity contribution in [1.82, 2.24) is 19.9 Å². The highest BCUT2D eigenvalue weighted by atomic mass is 16.5. The molecule has 4 rings (SSSR count). The lowest BCUT2D eigenvalue weighted by Gasteiger charge is -2.31. The molecule has 1 saturated heterocycles. The molecular weight excluding hydrogens is 404 g/mol. The van der Waals surface area contributed by atoms with Gasteiger partial charge in [-0.25, -0.2) is 4.98 Å². The summed E-state index contributed by atoms with van der Waals surface area (Å²) in [6.07, 6.45) is 7.39. The highest BCUT2D eigenvalue weighted by Crippen LogP contribution is 2.31. The van der Waals surface area contributed by atoms with Gasteiger partial charge < -0.3 is 14.6 Å². The van der Waals surface area contributed by atoms with Gasteiger partial charge in [0.15, 0.2) is 0 Å². The van der Waals surface area contributed by atoms with Gasteiger partial charge in [0.1, 0.15) is 11.6 Å². The van der Waals surface area contributed by atoms with Crippen LogP contribution < -0.4 is 10.3 Å². The van der Waals surface area contributed by atoms with Gasteiger partial charge in [-0.15, -0.1) is 0 Å². The molecule has 0 aliphatic carbocycles. The SMILES string of the molecule is COc1ccc(C2CCCCCN2C(=O)Cc2c(C)nc(-c3cccnc3)[nH]c2=O)cc1. The summed E-state index contributed by atoms with van der Waals surface area (Å²) in [5.41, 5.74) is 2.53. The van der Waals surface area contributed by atoms with E-state index in [2.05, 4.69) is 15.0 Å². The summed E-state index contributed by atoms with van der Waals surface area (Å²) in [4.78, 5) is 39.6. The Kier molecular flexibility index (Phi) is 6.63. The summed E-state index contributed by atoms with van der Waals surface area (Å²) in [5, 5.41) is 0. The number of carbonyl (C=O) groups excluding carboxylic acids is 1. The molecule has 0 bridgehead atoms. The summed E-state index contributed by atoms with van der Waals surface area (Å²) >= 11 is 0. The largest absolute Gasteiger partial charge is 0.497 e. The monoisotopic (exact) mass is 432 g/mol. The Labute approximate surface area is 187 Å². The molecule has 1 fully saturated rings. The van der Waals surface area contributed by atoms with E-state index in [9.17, 15) is 9.59 Å². The van der Waals surface area contributed by atoms with Crippen LogP contribution in [0.5, 0.6) is 5.75 Å². The number of ether oxygens (including phenoxy) is 1. The minimum atomic E-state index is -0.277. The second-order valence-corrected chi connectivity index (χ2v) is 8.12. The lowest BCUT2D eigenvalue weighted by atomic mass is 10.00. The van der Waals surface area contributed by atoms with E-state index in [0.29, 0.717) is 23.6 Å². The Morgan fingerprint density at radius 3 is 2.69 bits per heavy atom. The fraction of sp³-hybridized carbons (Fsp3) is 0.360. The molecule has 2 aromatic heterocycles. The fourth-order valence-electron chi connectivity index (χ4n) is 4.29. The number of nitrogens with one attached hydrogen (secondary N) is 1. The van der Waals surface area contributed by atoms with Crippen LogP contribution in [-0.4, -0.2) is 39.4 Å². The maximum atomic E-state index is 13.4. The summed E-state index contributed by atoms with van der Waals surface area (Å²) in [5.74, 6) is 1.21. The zero-order chi connectivity index (χ0) is 22.5. The summed E-state index contributed by atoms with van der Waals surface area (Å²) in [6, 6.07) is 11.5. The average Bonchev–Trinajstić information content (AvgIpc) is 3.08. The van der Waals surface area contributed by atoms with Crippen molar-refractivity contribution in [2.75, 3.05) is 13.7 Å². The van der Waals surface area contributed by atoms with Crippen molar-refractivity contribution in [2.24, 2.45) is 0 Å². The van der Waals surface area contributed by atoms with Gasteiger partial charge in [-0.05, 0) is 49.6 Å². The van der Waals surface area contributed by atoms with Crippen LogP contribution in [0, 0.1) is 6.92 Å². The van der Waals surface area contributed by atoms with Crippen molar-refractivity contribution in [2.45, 2.75) is 45.1 Å². The lowest BCUT2D eigenvalue weighted by molar-refractivity contribution is -0.133. The van der Waals surface area contributed by atoms with Gasteiger partial charge in [-0.3, -0.25) is 14.6 Å². The predicted molar refractivity (Wildman–Crippen MR) is 122 cm³/mol. The van der Waals surface area contributed by atoms with Crippen molar-refractivity contribution in [1.29, 1.82) is 0 Å². The number of H-pyrrole nitrogens is 1. The molecule has 1 aliphatic rings. The number of methoxy groups -OCH3 is 1. The van der Waals surface area contributed by atoms with Crippen LogP contribution in [0.4, 0.5) is 0 Å². The third-order valence-corrected chi connectivity index (χ3v) is 6.06. The van der Waals surface area contributed by atoms with Crippen molar-refractivity contribution in [3.63, 3.8) is 0 Å². The Balaban J connectivity index is 1.59.